The third-order valence-electron chi connectivity index (χ3n) is 5.53. The molecule has 0 aliphatic carbocycles. The molecule has 0 atom stereocenters. The van der Waals surface area contributed by atoms with Crippen molar-refractivity contribution in [3.8, 4) is 11.5 Å². The number of ether oxygens (including phenoxy) is 2. The first-order chi connectivity index (χ1) is 15.2. The average Bonchev–Trinajstić information content (AvgIpc) is 3.08. The van der Waals surface area contributed by atoms with Gasteiger partial charge in [0.1, 0.15) is 16.4 Å². The molecule has 3 aromatic rings. The van der Waals surface area contributed by atoms with Gasteiger partial charge in [-0.15, -0.1) is 0 Å². The van der Waals surface area contributed by atoms with Crippen LogP contribution in [0, 0.1) is 18.6 Å². The molecule has 0 bridgehead atoms. The summed E-state index contributed by atoms with van der Waals surface area (Å²) in [6.07, 6.45) is 0. The highest BCUT2D eigenvalue weighted by Crippen LogP contribution is 2.31. The summed E-state index contributed by atoms with van der Waals surface area (Å²) in [6, 6.07) is 6.75. The predicted octanol–water partition coefficient (Wildman–Crippen LogP) is 1.86. The maximum Gasteiger partial charge on any atom is 0.252 e. The van der Waals surface area contributed by atoms with E-state index >= 15 is 0 Å². The summed E-state index contributed by atoms with van der Waals surface area (Å²) in [6.45, 7) is 6.22. The maximum absolute atomic E-state index is 13.3. The minimum Gasteiger partial charge on any atom is -0.497 e. The zero-order chi connectivity index (χ0) is 23.0. The van der Waals surface area contributed by atoms with Gasteiger partial charge in [-0.2, -0.15) is 9.29 Å². The van der Waals surface area contributed by atoms with E-state index < -0.39 is 10.0 Å². The summed E-state index contributed by atoms with van der Waals surface area (Å²) in [5.41, 5.74) is 1.87. The van der Waals surface area contributed by atoms with Crippen LogP contribution in [0.2, 0.25) is 0 Å². The second kappa shape index (κ2) is 8.77. The summed E-state index contributed by atoms with van der Waals surface area (Å²) in [5, 5.41) is 0. The molecule has 12 heteroatoms. The van der Waals surface area contributed by atoms with E-state index in [-0.39, 0.29) is 4.90 Å². The predicted molar refractivity (Wildman–Crippen MR) is 121 cm³/mol. The van der Waals surface area contributed by atoms with Gasteiger partial charge >= 0.3 is 0 Å². The molecule has 3 heterocycles. The number of aromatic nitrogens is 4. The lowest BCUT2D eigenvalue weighted by Crippen LogP contribution is -2.49. The van der Waals surface area contributed by atoms with E-state index in [4.69, 9.17) is 21.7 Å². The molecular formula is C20H26N6O4S2. The molecule has 4 rings (SSSR count). The van der Waals surface area contributed by atoms with Gasteiger partial charge in [0.2, 0.25) is 14.8 Å². The summed E-state index contributed by atoms with van der Waals surface area (Å²) < 4.78 is 42.8. The van der Waals surface area contributed by atoms with Gasteiger partial charge in [0, 0.05) is 43.6 Å². The number of hydrogen-bond acceptors (Lipinski definition) is 8. The smallest absolute Gasteiger partial charge is 0.252 e. The Bertz CT molecular complexity index is 1310. The number of hydrogen-bond donors (Lipinski definition) is 0. The number of nitrogens with zero attached hydrogens (tertiary/aromatic N) is 6. The van der Waals surface area contributed by atoms with Gasteiger partial charge in [0.15, 0.2) is 0 Å². The van der Waals surface area contributed by atoms with Crippen LogP contribution in [0.5, 0.6) is 11.5 Å². The van der Waals surface area contributed by atoms with Crippen molar-refractivity contribution in [2.45, 2.75) is 25.4 Å². The lowest BCUT2D eigenvalue weighted by Gasteiger charge is -2.34. The summed E-state index contributed by atoms with van der Waals surface area (Å²) in [5.74, 6) is 1.33. The Balaban J connectivity index is 1.53. The quantitative estimate of drug-likeness (QED) is 0.496. The lowest BCUT2D eigenvalue weighted by atomic mass is 10.3. The molecular weight excluding hydrogens is 452 g/mol. The molecule has 0 unspecified atom stereocenters. The molecule has 172 valence electrons. The van der Waals surface area contributed by atoms with E-state index in [1.54, 1.807) is 12.1 Å². The Labute approximate surface area is 192 Å². The van der Waals surface area contributed by atoms with Crippen LogP contribution in [0.4, 0.5) is 0 Å². The third kappa shape index (κ3) is 4.10. The van der Waals surface area contributed by atoms with Crippen molar-refractivity contribution in [3.05, 3.63) is 40.4 Å². The lowest BCUT2D eigenvalue weighted by molar-refractivity contribution is 0.142. The fraction of sp³-hybridized carbons (Fsp3) is 0.450. The molecule has 1 aliphatic heterocycles. The number of aryl methyl sites for hydroxylation is 2. The summed E-state index contributed by atoms with van der Waals surface area (Å²) in [4.78, 5) is 11.1. The first-order valence-corrected chi connectivity index (χ1v) is 12.0. The Hall–Kier alpha value is -2.54. The van der Waals surface area contributed by atoms with Crippen LogP contribution in [0.25, 0.3) is 5.78 Å². The van der Waals surface area contributed by atoms with Gasteiger partial charge in [-0.25, -0.2) is 22.6 Å². The summed E-state index contributed by atoms with van der Waals surface area (Å²) >= 11 is 5.45. The minimum absolute atomic E-state index is 0.105. The normalized spacial score (nSPS) is 15.9. The van der Waals surface area contributed by atoms with Crippen molar-refractivity contribution in [2.75, 3.05) is 40.4 Å². The average molecular weight is 479 g/mol. The minimum atomic E-state index is -3.73. The van der Waals surface area contributed by atoms with Gasteiger partial charge in [0.05, 0.1) is 20.9 Å². The highest BCUT2D eigenvalue weighted by Gasteiger charge is 2.31. The van der Waals surface area contributed by atoms with E-state index in [0.29, 0.717) is 54.9 Å². The topological polar surface area (TPSA) is 94.2 Å². The summed E-state index contributed by atoms with van der Waals surface area (Å²) in [7, 11) is -0.775. The molecule has 0 amide bonds. The number of benzene rings is 1. The highest BCUT2D eigenvalue weighted by molar-refractivity contribution is 7.89. The van der Waals surface area contributed by atoms with Crippen LogP contribution >= 0.6 is 12.2 Å². The van der Waals surface area contributed by atoms with Crippen LogP contribution < -0.4 is 9.47 Å². The van der Waals surface area contributed by atoms with Crippen molar-refractivity contribution in [3.63, 3.8) is 0 Å². The van der Waals surface area contributed by atoms with Gasteiger partial charge < -0.3 is 9.47 Å². The van der Waals surface area contributed by atoms with Crippen molar-refractivity contribution in [1.82, 2.24) is 28.4 Å². The molecule has 10 nitrogen and oxygen atoms in total. The van der Waals surface area contributed by atoms with Crippen molar-refractivity contribution in [1.29, 1.82) is 0 Å². The molecule has 1 fully saturated rings. The maximum atomic E-state index is 13.3. The Morgan fingerprint density at radius 2 is 1.75 bits per heavy atom. The molecule has 2 aromatic heterocycles. The zero-order valence-electron chi connectivity index (χ0n) is 18.5. The van der Waals surface area contributed by atoms with Crippen molar-refractivity contribution < 1.29 is 17.9 Å². The standard InChI is InChI=1S/C20H26N6O4S2/c1-14-11-15(2)26-19(21-14)22-20(31)25(26)13-23-7-9-24(10-8-23)32(27,28)18-12-16(29-3)5-6-17(18)30-4/h5-6,11-12H,7-10,13H2,1-4H3. The molecule has 1 aliphatic rings. The van der Waals surface area contributed by atoms with Crippen molar-refractivity contribution in [2.24, 2.45) is 0 Å². The Morgan fingerprint density at radius 3 is 2.41 bits per heavy atom. The number of piperazine rings is 1. The molecule has 1 saturated heterocycles. The fourth-order valence-corrected chi connectivity index (χ4v) is 5.72. The second-order valence-electron chi connectivity index (χ2n) is 7.62. The van der Waals surface area contributed by atoms with E-state index in [9.17, 15) is 8.42 Å². The molecule has 32 heavy (non-hydrogen) atoms. The monoisotopic (exact) mass is 478 g/mol. The van der Waals surface area contributed by atoms with E-state index in [0.717, 1.165) is 11.4 Å². The van der Waals surface area contributed by atoms with Crippen LogP contribution in [-0.4, -0.2) is 77.2 Å². The number of methoxy groups -OCH3 is 2. The van der Waals surface area contributed by atoms with E-state index in [1.165, 1.54) is 24.6 Å². The number of sulfonamides is 1. The highest BCUT2D eigenvalue weighted by atomic mass is 32.2. The largest absolute Gasteiger partial charge is 0.497 e. The molecule has 0 spiro atoms. The Morgan fingerprint density at radius 1 is 1.03 bits per heavy atom. The molecule has 0 radical (unpaired) electrons. The zero-order valence-corrected chi connectivity index (χ0v) is 20.1. The molecule has 1 aromatic carbocycles. The fourth-order valence-electron chi connectivity index (χ4n) is 3.91. The van der Waals surface area contributed by atoms with Crippen LogP contribution in [0.15, 0.2) is 29.2 Å². The van der Waals surface area contributed by atoms with Gasteiger partial charge in [-0.3, -0.25) is 4.90 Å². The van der Waals surface area contributed by atoms with Crippen molar-refractivity contribution >= 4 is 28.0 Å². The van der Waals surface area contributed by atoms with Gasteiger partial charge in [-0.1, -0.05) is 0 Å². The van der Waals surface area contributed by atoms with E-state index in [2.05, 4.69) is 14.9 Å². The first-order valence-electron chi connectivity index (χ1n) is 10.1. The Kier molecular flexibility index (Phi) is 6.21. The first kappa shape index (κ1) is 22.6. The van der Waals surface area contributed by atoms with Crippen LogP contribution in [0.1, 0.15) is 11.4 Å². The second-order valence-corrected chi connectivity index (χ2v) is 9.90. The van der Waals surface area contributed by atoms with Crippen LogP contribution in [-0.2, 0) is 16.7 Å². The number of fused-ring (bicyclic) bond motifs is 1. The number of rotatable bonds is 6. The van der Waals surface area contributed by atoms with Gasteiger partial charge in [-0.05, 0) is 44.3 Å². The molecule has 0 N–H and O–H groups in total. The van der Waals surface area contributed by atoms with Gasteiger partial charge in [0.25, 0.3) is 5.78 Å². The molecule has 0 saturated carbocycles. The third-order valence-corrected chi connectivity index (χ3v) is 7.75. The van der Waals surface area contributed by atoms with E-state index in [1.807, 2.05) is 29.1 Å². The SMILES string of the molecule is COc1ccc(OC)c(S(=O)(=O)N2CCN(Cn3c(=S)nc4nc(C)cc(C)n43)CC2)c1. The van der Waals surface area contributed by atoms with Crippen LogP contribution in [0.3, 0.4) is 0 Å².